The van der Waals surface area contributed by atoms with Crippen molar-refractivity contribution in [3.8, 4) is 11.5 Å². The summed E-state index contributed by atoms with van der Waals surface area (Å²) in [5.74, 6) is -0.856. The number of nitrogens with one attached hydrogen (secondary N) is 1. The van der Waals surface area contributed by atoms with Crippen LogP contribution in [0.2, 0.25) is 0 Å². The Hall–Kier alpha value is -5.18. The predicted molar refractivity (Wildman–Crippen MR) is 186 cm³/mol. The lowest BCUT2D eigenvalue weighted by Crippen LogP contribution is -2.71. The standard InChI is InChI=1S/C35H27N5O6S3/c41-30(26(39-44)25-17-10-18-47-25)36-27-32(42)40-28(34(43)45-29(21-11-4-1-5-12-21)22-13-6-2-7-14-22)24(19-48-33(27)40)20-49-35-38-37-31(46-35)23-15-8-3-9-16-23/h1-18,27,29,33,44H,19-20H2,(H,36,41)/t27-,33-/m1/s1. The van der Waals surface area contributed by atoms with Gasteiger partial charge in [-0.15, -0.1) is 33.3 Å². The van der Waals surface area contributed by atoms with E-state index >= 15 is 0 Å². The number of esters is 1. The van der Waals surface area contributed by atoms with Gasteiger partial charge in [-0.1, -0.05) is 102 Å². The Morgan fingerprint density at radius 2 is 1.65 bits per heavy atom. The lowest BCUT2D eigenvalue weighted by atomic mass is 10.0. The number of thioether (sulfide) groups is 2. The zero-order valence-corrected chi connectivity index (χ0v) is 28.0. The zero-order chi connectivity index (χ0) is 33.7. The number of thiophene rings is 1. The van der Waals surface area contributed by atoms with Crippen LogP contribution in [0.25, 0.3) is 11.5 Å². The SMILES string of the molecule is O=C(N[C@@H]1C(=O)N2C(C(=O)OC(c3ccccc3)c3ccccc3)=C(CSc3nnc(-c4ccccc4)o3)CS[C@H]12)C(=NO)c1cccs1. The van der Waals surface area contributed by atoms with E-state index in [1.165, 1.54) is 39.8 Å². The summed E-state index contributed by atoms with van der Waals surface area (Å²) in [5, 5.41) is 25.2. The number of hydrogen-bond donors (Lipinski definition) is 2. The maximum atomic E-state index is 14.3. The number of nitrogens with zero attached hydrogens (tertiary/aromatic N) is 4. The first-order valence-corrected chi connectivity index (χ1v) is 18.0. The molecule has 246 valence electrons. The molecule has 11 nitrogen and oxygen atoms in total. The first-order valence-electron chi connectivity index (χ1n) is 15.1. The molecule has 1 fully saturated rings. The van der Waals surface area contributed by atoms with Gasteiger partial charge in [0, 0.05) is 17.1 Å². The summed E-state index contributed by atoms with van der Waals surface area (Å²) in [6.07, 6.45) is -0.741. The van der Waals surface area contributed by atoms with E-state index in [-0.39, 0.29) is 17.2 Å². The fourth-order valence-corrected chi connectivity index (χ4v) is 8.43. The van der Waals surface area contributed by atoms with Crippen molar-refractivity contribution in [1.29, 1.82) is 0 Å². The molecule has 0 saturated carbocycles. The Kier molecular flexibility index (Phi) is 9.59. The fourth-order valence-electron chi connectivity index (χ4n) is 5.47. The van der Waals surface area contributed by atoms with Gasteiger partial charge < -0.3 is 19.7 Å². The Bertz CT molecular complexity index is 1980. The number of hydrogen-bond acceptors (Lipinski definition) is 12. The molecule has 1 saturated heterocycles. The van der Waals surface area contributed by atoms with Crippen molar-refractivity contribution >= 4 is 58.4 Å². The van der Waals surface area contributed by atoms with Crippen molar-refractivity contribution < 1.29 is 28.7 Å². The second-order valence-electron chi connectivity index (χ2n) is 10.9. The summed E-state index contributed by atoms with van der Waals surface area (Å²) in [7, 11) is 0. The van der Waals surface area contributed by atoms with Gasteiger partial charge in [0.2, 0.25) is 5.89 Å². The monoisotopic (exact) mass is 709 g/mol. The van der Waals surface area contributed by atoms with Crippen molar-refractivity contribution in [2.45, 2.75) is 22.7 Å². The van der Waals surface area contributed by atoms with Crippen LogP contribution in [0.1, 0.15) is 22.1 Å². The average molecular weight is 710 g/mol. The van der Waals surface area contributed by atoms with Crippen LogP contribution in [-0.4, -0.2) is 66.7 Å². The van der Waals surface area contributed by atoms with Gasteiger partial charge in [0.05, 0.1) is 4.88 Å². The third kappa shape index (κ3) is 6.75. The number of aromatic nitrogens is 2. The number of oxime groups is 1. The summed E-state index contributed by atoms with van der Waals surface area (Å²) in [6, 6.07) is 30.6. The van der Waals surface area contributed by atoms with Gasteiger partial charge in [0.25, 0.3) is 17.0 Å². The molecule has 0 aliphatic carbocycles. The molecular formula is C35H27N5O6S3. The second-order valence-corrected chi connectivity index (χ2v) is 13.9. The highest BCUT2D eigenvalue weighted by Crippen LogP contribution is 2.43. The van der Waals surface area contributed by atoms with Crippen LogP contribution >= 0.6 is 34.9 Å². The van der Waals surface area contributed by atoms with E-state index in [1.807, 2.05) is 91.0 Å². The van der Waals surface area contributed by atoms with E-state index in [1.54, 1.807) is 17.5 Å². The molecule has 4 heterocycles. The molecule has 5 aromatic rings. The molecule has 2 aliphatic heterocycles. The highest BCUT2D eigenvalue weighted by atomic mass is 32.2. The minimum atomic E-state index is -0.949. The van der Waals surface area contributed by atoms with Crippen molar-refractivity contribution in [2.24, 2.45) is 5.16 Å². The summed E-state index contributed by atoms with van der Waals surface area (Å²) >= 11 is 3.89. The summed E-state index contributed by atoms with van der Waals surface area (Å²) in [5.41, 5.74) is 2.87. The highest BCUT2D eigenvalue weighted by Gasteiger charge is 2.55. The first kappa shape index (κ1) is 32.4. The minimum Gasteiger partial charge on any atom is -0.448 e. The van der Waals surface area contributed by atoms with Gasteiger partial charge >= 0.3 is 5.97 Å². The average Bonchev–Trinajstić information content (AvgIpc) is 3.86. The van der Waals surface area contributed by atoms with E-state index in [0.29, 0.717) is 27.3 Å². The summed E-state index contributed by atoms with van der Waals surface area (Å²) < 4.78 is 12.1. The van der Waals surface area contributed by atoms with Gasteiger partial charge in [0.1, 0.15) is 17.1 Å². The molecule has 2 aliphatic rings. The molecule has 2 aromatic heterocycles. The van der Waals surface area contributed by atoms with Crippen LogP contribution in [-0.2, 0) is 19.1 Å². The Morgan fingerprint density at radius 1 is 0.980 bits per heavy atom. The van der Waals surface area contributed by atoms with Crippen molar-refractivity contribution in [3.63, 3.8) is 0 Å². The number of fused-ring (bicyclic) bond motifs is 1. The largest absolute Gasteiger partial charge is 0.448 e. The first-order chi connectivity index (χ1) is 24.0. The topological polar surface area (TPSA) is 147 Å². The van der Waals surface area contributed by atoms with Gasteiger partial charge in [-0.2, -0.15) is 0 Å². The maximum Gasteiger partial charge on any atom is 0.356 e. The van der Waals surface area contributed by atoms with E-state index < -0.39 is 35.3 Å². The number of carbonyl (C=O) groups is 3. The number of ether oxygens (including phenoxy) is 1. The third-order valence-electron chi connectivity index (χ3n) is 7.82. The molecule has 0 radical (unpaired) electrons. The molecule has 2 N–H and O–H groups in total. The lowest BCUT2D eigenvalue weighted by molar-refractivity contribution is -0.154. The number of rotatable bonds is 11. The fraction of sp³-hybridized carbons (Fsp3) is 0.143. The van der Waals surface area contributed by atoms with E-state index in [4.69, 9.17) is 9.15 Å². The predicted octanol–water partition coefficient (Wildman–Crippen LogP) is 5.76. The lowest BCUT2D eigenvalue weighted by Gasteiger charge is -2.49. The van der Waals surface area contributed by atoms with E-state index in [9.17, 15) is 19.6 Å². The van der Waals surface area contributed by atoms with Crippen LogP contribution in [0.4, 0.5) is 0 Å². The third-order valence-corrected chi connectivity index (χ3v) is 10.9. The molecule has 2 amide bonds. The van der Waals surface area contributed by atoms with E-state index in [2.05, 4.69) is 20.7 Å². The summed E-state index contributed by atoms with van der Waals surface area (Å²) in [4.78, 5) is 42.9. The van der Waals surface area contributed by atoms with Gasteiger partial charge in [-0.3, -0.25) is 14.5 Å². The van der Waals surface area contributed by atoms with Gasteiger partial charge in [-0.25, -0.2) is 4.79 Å². The second kappa shape index (κ2) is 14.5. The molecular weight excluding hydrogens is 683 g/mol. The van der Waals surface area contributed by atoms with Gasteiger partial charge in [-0.05, 0) is 40.3 Å². The van der Waals surface area contributed by atoms with Crippen molar-refractivity contribution in [2.75, 3.05) is 11.5 Å². The van der Waals surface area contributed by atoms with Crippen LogP contribution in [0, 0.1) is 0 Å². The minimum absolute atomic E-state index is 0.112. The molecule has 7 rings (SSSR count). The van der Waals surface area contributed by atoms with Crippen LogP contribution in [0.3, 0.4) is 0 Å². The van der Waals surface area contributed by atoms with Crippen molar-refractivity contribution in [1.82, 2.24) is 20.4 Å². The Balaban J connectivity index is 1.17. The highest BCUT2D eigenvalue weighted by molar-refractivity contribution is 8.01. The summed E-state index contributed by atoms with van der Waals surface area (Å²) in [6.45, 7) is 0. The molecule has 3 aromatic carbocycles. The molecule has 49 heavy (non-hydrogen) atoms. The van der Waals surface area contributed by atoms with Crippen LogP contribution in [0.5, 0.6) is 0 Å². The molecule has 0 spiro atoms. The number of carbonyl (C=O) groups excluding carboxylic acids is 3. The van der Waals surface area contributed by atoms with Crippen molar-refractivity contribution in [3.05, 3.63) is 136 Å². The van der Waals surface area contributed by atoms with Crippen LogP contribution < -0.4 is 5.32 Å². The normalized spacial score (nSPS) is 17.4. The molecule has 14 heteroatoms. The molecule has 0 unspecified atom stereocenters. The van der Waals surface area contributed by atoms with Gasteiger partial charge in [0.15, 0.2) is 11.8 Å². The maximum absolute atomic E-state index is 14.3. The Labute approximate surface area is 293 Å². The quantitative estimate of drug-likeness (QED) is 0.0434. The van der Waals surface area contributed by atoms with Crippen LogP contribution in [0.15, 0.2) is 135 Å². The molecule has 0 bridgehead atoms. The number of β-lactam (4-membered cyclic amide) rings is 1. The number of benzene rings is 3. The smallest absolute Gasteiger partial charge is 0.356 e. The zero-order valence-electron chi connectivity index (χ0n) is 25.5. The van der Waals surface area contributed by atoms with E-state index in [0.717, 1.165) is 16.7 Å². The number of amides is 2. The molecule has 2 atom stereocenters. The Morgan fingerprint density at radius 3 is 2.29 bits per heavy atom.